The number of rotatable bonds is 4. The molecule has 3 aliphatic rings. The molecule has 134 valence electrons. The highest BCUT2D eigenvalue weighted by atomic mass is 16.5. The van der Waals surface area contributed by atoms with Gasteiger partial charge in [0.2, 0.25) is 11.8 Å². The number of nitrogens with zero attached hydrogens (tertiary/aromatic N) is 1. The van der Waals surface area contributed by atoms with Crippen LogP contribution in [0.1, 0.15) is 56.9 Å². The fourth-order valence-corrected chi connectivity index (χ4v) is 4.99. The van der Waals surface area contributed by atoms with Crippen LogP contribution < -0.4 is 4.74 Å². The minimum absolute atomic E-state index is 0.0258. The number of likely N-dealkylation sites (tertiary alicyclic amines) is 1. The maximum absolute atomic E-state index is 13.3. The maximum Gasteiger partial charge on any atom is 0.233 e. The lowest BCUT2D eigenvalue weighted by atomic mass is 9.58. The Morgan fingerprint density at radius 2 is 2.00 bits per heavy atom. The summed E-state index contributed by atoms with van der Waals surface area (Å²) in [5.74, 6) is 1.36. The van der Waals surface area contributed by atoms with Gasteiger partial charge in [-0.2, -0.15) is 0 Å². The number of methoxy groups -OCH3 is 1. The zero-order valence-electron chi connectivity index (χ0n) is 15.0. The minimum atomic E-state index is -0.336. The fraction of sp³-hybridized carbons (Fsp3) is 0.619. The molecule has 25 heavy (non-hydrogen) atoms. The molecule has 3 fully saturated rings. The van der Waals surface area contributed by atoms with Crippen LogP contribution in [0.3, 0.4) is 0 Å². The maximum atomic E-state index is 13.3. The molecule has 0 aromatic heterocycles. The number of benzene rings is 1. The van der Waals surface area contributed by atoms with Crippen LogP contribution in [0.15, 0.2) is 24.3 Å². The summed E-state index contributed by atoms with van der Waals surface area (Å²) in [7, 11) is 1.66. The molecule has 1 heterocycles. The van der Waals surface area contributed by atoms with Crippen molar-refractivity contribution >= 4 is 11.8 Å². The van der Waals surface area contributed by atoms with Gasteiger partial charge in [0, 0.05) is 24.3 Å². The highest BCUT2D eigenvalue weighted by Gasteiger charge is 2.53. The van der Waals surface area contributed by atoms with E-state index in [0.717, 1.165) is 49.8 Å². The van der Waals surface area contributed by atoms with Crippen LogP contribution in [0.4, 0.5) is 0 Å². The van der Waals surface area contributed by atoms with Crippen molar-refractivity contribution in [2.24, 2.45) is 11.8 Å². The van der Waals surface area contributed by atoms with Crippen molar-refractivity contribution in [3.63, 3.8) is 0 Å². The van der Waals surface area contributed by atoms with Crippen LogP contribution >= 0.6 is 0 Å². The Labute approximate surface area is 149 Å². The van der Waals surface area contributed by atoms with Gasteiger partial charge in [0.25, 0.3) is 0 Å². The third-order valence-corrected chi connectivity index (χ3v) is 6.67. The molecule has 2 aliphatic carbocycles. The highest BCUT2D eigenvalue weighted by molar-refractivity contribution is 6.01. The van der Waals surface area contributed by atoms with E-state index < -0.39 is 0 Å². The van der Waals surface area contributed by atoms with Gasteiger partial charge in [-0.1, -0.05) is 31.4 Å². The second-order valence-corrected chi connectivity index (χ2v) is 8.00. The molecule has 1 saturated heterocycles. The molecule has 4 nitrogen and oxygen atoms in total. The molecule has 0 N–H and O–H groups in total. The van der Waals surface area contributed by atoms with E-state index in [1.165, 1.54) is 6.42 Å². The van der Waals surface area contributed by atoms with E-state index >= 15 is 0 Å². The first-order valence-corrected chi connectivity index (χ1v) is 9.63. The summed E-state index contributed by atoms with van der Waals surface area (Å²) in [6.07, 6.45) is 7.97. The van der Waals surface area contributed by atoms with Gasteiger partial charge in [-0.15, -0.1) is 0 Å². The minimum Gasteiger partial charge on any atom is -0.497 e. The van der Waals surface area contributed by atoms with E-state index in [1.807, 2.05) is 18.2 Å². The number of hydrogen-bond acceptors (Lipinski definition) is 3. The summed E-state index contributed by atoms with van der Waals surface area (Å²) >= 11 is 0. The summed E-state index contributed by atoms with van der Waals surface area (Å²) in [5, 5.41) is 0. The Hall–Kier alpha value is -1.84. The number of imide groups is 1. The van der Waals surface area contributed by atoms with Gasteiger partial charge in [-0.3, -0.25) is 14.5 Å². The van der Waals surface area contributed by atoms with Crippen LogP contribution in [0.25, 0.3) is 0 Å². The molecular formula is C21H27NO3. The van der Waals surface area contributed by atoms with Gasteiger partial charge in [-0.25, -0.2) is 0 Å². The number of carbonyl (C=O) groups is 2. The first kappa shape index (κ1) is 16.6. The number of fused-ring (bicyclic) bond motifs is 1. The van der Waals surface area contributed by atoms with E-state index in [2.05, 4.69) is 6.07 Å². The van der Waals surface area contributed by atoms with Crippen LogP contribution in [-0.2, 0) is 15.0 Å². The first-order valence-electron chi connectivity index (χ1n) is 9.63. The second-order valence-electron chi connectivity index (χ2n) is 8.00. The predicted molar refractivity (Wildman–Crippen MR) is 95.3 cm³/mol. The lowest BCUT2D eigenvalue weighted by Gasteiger charge is -2.50. The number of hydrogen-bond donors (Lipinski definition) is 0. The van der Waals surface area contributed by atoms with Crippen LogP contribution in [-0.4, -0.2) is 30.4 Å². The molecule has 2 atom stereocenters. The predicted octanol–water partition coefficient (Wildman–Crippen LogP) is 3.68. The average Bonchev–Trinajstić information content (AvgIpc) is 2.60. The third kappa shape index (κ3) is 2.76. The number of ether oxygens (including phenoxy) is 1. The Morgan fingerprint density at radius 3 is 2.72 bits per heavy atom. The topological polar surface area (TPSA) is 46.6 Å². The quantitative estimate of drug-likeness (QED) is 0.785. The van der Waals surface area contributed by atoms with E-state index in [-0.39, 0.29) is 23.1 Å². The molecule has 1 aliphatic heterocycles. The van der Waals surface area contributed by atoms with Crippen molar-refractivity contribution in [1.29, 1.82) is 0 Å². The van der Waals surface area contributed by atoms with Crippen molar-refractivity contribution in [2.45, 2.75) is 56.8 Å². The Kier molecular flexibility index (Phi) is 4.30. The third-order valence-electron chi connectivity index (χ3n) is 6.67. The van der Waals surface area contributed by atoms with Gasteiger partial charge in [-0.05, 0) is 49.3 Å². The second kappa shape index (κ2) is 6.47. The van der Waals surface area contributed by atoms with E-state index in [0.29, 0.717) is 18.9 Å². The standard InChI is InChI=1S/C21H27NO3/c1-25-17-9-5-8-16(12-17)21-11-3-2-10-18(21)20(24)22(19(23)13-21)14-15-6-4-7-15/h5,8-9,12,15,18H,2-4,6-7,10-11,13-14H2,1H3/t18-,21+/m0/s1. The lowest BCUT2D eigenvalue weighted by molar-refractivity contribution is -0.159. The molecule has 2 saturated carbocycles. The van der Waals surface area contributed by atoms with Crippen molar-refractivity contribution in [1.82, 2.24) is 4.90 Å². The normalized spacial score (nSPS) is 30.0. The molecule has 1 aromatic carbocycles. The van der Waals surface area contributed by atoms with Crippen LogP contribution in [0.2, 0.25) is 0 Å². The SMILES string of the molecule is COc1cccc([C@]23CCCC[C@H]2C(=O)N(CC2CCC2)C(=O)C3)c1. The van der Waals surface area contributed by atoms with Crippen molar-refractivity contribution in [2.75, 3.05) is 13.7 Å². The van der Waals surface area contributed by atoms with Gasteiger partial charge < -0.3 is 4.74 Å². The molecule has 0 spiro atoms. The van der Waals surface area contributed by atoms with Gasteiger partial charge in [0.15, 0.2) is 0 Å². The van der Waals surface area contributed by atoms with Gasteiger partial charge in [0.05, 0.1) is 7.11 Å². The Morgan fingerprint density at radius 1 is 1.16 bits per heavy atom. The van der Waals surface area contributed by atoms with Crippen molar-refractivity contribution in [3.8, 4) is 5.75 Å². The largest absolute Gasteiger partial charge is 0.497 e. The molecule has 4 rings (SSSR count). The van der Waals surface area contributed by atoms with Crippen molar-refractivity contribution < 1.29 is 14.3 Å². The fourth-order valence-electron chi connectivity index (χ4n) is 4.99. The molecule has 0 radical (unpaired) electrons. The lowest BCUT2D eigenvalue weighted by Crippen LogP contribution is -2.58. The van der Waals surface area contributed by atoms with Crippen LogP contribution in [0.5, 0.6) is 5.75 Å². The van der Waals surface area contributed by atoms with E-state index in [1.54, 1.807) is 12.0 Å². The molecule has 0 bridgehead atoms. The summed E-state index contributed by atoms with van der Waals surface area (Å²) in [6.45, 7) is 0.641. The number of amides is 2. The van der Waals surface area contributed by atoms with Crippen molar-refractivity contribution in [3.05, 3.63) is 29.8 Å². The Balaban J connectivity index is 1.68. The summed E-state index contributed by atoms with van der Waals surface area (Å²) in [5.41, 5.74) is 0.762. The number of piperidine rings is 1. The van der Waals surface area contributed by atoms with E-state index in [4.69, 9.17) is 4.74 Å². The molecule has 4 heteroatoms. The monoisotopic (exact) mass is 341 g/mol. The first-order chi connectivity index (χ1) is 12.1. The Bertz CT molecular complexity index is 681. The van der Waals surface area contributed by atoms with Gasteiger partial charge in [0.1, 0.15) is 5.75 Å². The smallest absolute Gasteiger partial charge is 0.233 e. The van der Waals surface area contributed by atoms with Crippen LogP contribution in [0, 0.1) is 11.8 Å². The average molecular weight is 341 g/mol. The van der Waals surface area contributed by atoms with Gasteiger partial charge >= 0.3 is 0 Å². The summed E-state index contributed by atoms with van der Waals surface area (Å²) in [4.78, 5) is 27.8. The number of carbonyl (C=O) groups excluding carboxylic acids is 2. The highest BCUT2D eigenvalue weighted by Crippen LogP contribution is 2.50. The molecule has 0 unspecified atom stereocenters. The molecule has 1 aromatic rings. The summed E-state index contributed by atoms with van der Waals surface area (Å²) in [6, 6.07) is 8.00. The molecular weight excluding hydrogens is 314 g/mol. The summed E-state index contributed by atoms with van der Waals surface area (Å²) < 4.78 is 5.39. The zero-order chi connectivity index (χ0) is 17.4. The van der Waals surface area contributed by atoms with E-state index in [9.17, 15) is 9.59 Å². The zero-order valence-corrected chi connectivity index (χ0v) is 15.0. The molecule has 2 amide bonds.